The van der Waals surface area contributed by atoms with Gasteiger partial charge in [-0.1, -0.05) is 44.2 Å². The fourth-order valence-electron chi connectivity index (χ4n) is 3.29. The molecule has 4 heteroatoms. The largest absolute Gasteiger partial charge is 0.342 e. The third-order valence-corrected chi connectivity index (χ3v) is 4.88. The first-order valence-corrected chi connectivity index (χ1v) is 8.53. The molecule has 1 amide bonds. The summed E-state index contributed by atoms with van der Waals surface area (Å²) in [5.74, 6) is 0.329. The first kappa shape index (κ1) is 20.0. The molecule has 0 saturated carbocycles. The maximum atomic E-state index is 12.8. The zero-order chi connectivity index (χ0) is 16.0. The van der Waals surface area contributed by atoms with Crippen molar-refractivity contribution in [3.63, 3.8) is 0 Å². The van der Waals surface area contributed by atoms with Crippen LogP contribution in [0.5, 0.6) is 0 Å². The number of nitrogens with one attached hydrogen (secondary N) is 1. The van der Waals surface area contributed by atoms with Crippen molar-refractivity contribution >= 4 is 18.3 Å². The quantitative estimate of drug-likeness (QED) is 0.858. The van der Waals surface area contributed by atoms with Crippen LogP contribution in [0.25, 0.3) is 0 Å². The zero-order valence-electron chi connectivity index (χ0n) is 14.7. The van der Waals surface area contributed by atoms with Crippen LogP contribution in [0.15, 0.2) is 30.3 Å². The van der Waals surface area contributed by atoms with Crippen molar-refractivity contribution < 1.29 is 4.79 Å². The molecule has 23 heavy (non-hydrogen) atoms. The molecule has 0 aromatic heterocycles. The number of carbonyl (C=O) groups excluding carboxylic acids is 1. The van der Waals surface area contributed by atoms with Crippen LogP contribution >= 0.6 is 12.4 Å². The highest BCUT2D eigenvalue weighted by molar-refractivity contribution is 5.85. The fraction of sp³-hybridized carbons (Fsp3) is 0.632. The molecule has 1 heterocycles. The van der Waals surface area contributed by atoms with Crippen molar-refractivity contribution in [2.75, 3.05) is 20.1 Å². The van der Waals surface area contributed by atoms with Gasteiger partial charge in [-0.2, -0.15) is 0 Å². The fourth-order valence-corrected chi connectivity index (χ4v) is 3.29. The van der Waals surface area contributed by atoms with Crippen molar-refractivity contribution in [3.8, 4) is 0 Å². The second kappa shape index (κ2) is 9.29. The summed E-state index contributed by atoms with van der Waals surface area (Å²) in [6.45, 7) is 5.99. The van der Waals surface area contributed by atoms with Gasteiger partial charge in [0.05, 0.1) is 0 Å². The van der Waals surface area contributed by atoms with E-state index in [9.17, 15) is 4.79 Å². The molecule has 3 nitrogen and oxygen atoms in total. The highest BCUT2D eigenvalue weighted by Gasteiger charge is 2.33. The van der Waals surface area contributed by atoms with Gasteiger partial charge >= 0.3 is 0 Å². The van der Waals surface area contributed by atoms with Gasteiger partial charge < -0.3 is 10.2 Å². The lowest BCUT2D eigenvalue weighted by Crippen LogP contribution is -2.48. The molecule has 0 bridgehead atoms. The Labute approximate surface area is 147 Å². The topological polar surface area (TPSA) is 32.3 Å². The number of rotatable bonds is 6. The molecule has 0 unspecified atom stereocenters. The normalized spacial score (nSPS) is 16.0. The van der Waals surface area contributed by atoms with E-state index in [1.807, 2.05) is 13.1 Å². The molecule has 1 saturated heterocycles. The maximum absolute atomic E-state index is 12.8. The summed E-state index contributed by atoms with van der Waals surface area (Å²) in [5, 5.41) is 3.32. The van der Waals surface area contributed by atoms with E-state index in [0.29, 0.717) is 11.9 Å². The molecule has 130 valence electrons. The highest BCUT2D eigenvalue weighted by Crippen LogP contribution is 2.28. The van der Waals surface area contributed by atoms with E-state index < -0.39 is 0 Å². The zero-order valence-corrected chi connectivity index (χ0v) is 15.5. The van der Waals surface area contributed by atoms with Crippen LogP contribution in [0.1, 0.15) is 45.1 Å². The molecule has 2 rings (SSSR count). The summed E-state index contributed by atoms with van der Waals surface area (Å²) in [6.07, 6.45) is 5.21. The number of hydrogen-bond donors (Lipinski definition) is 1. The molecule has 1 aromatic rings. The van der Waals surface area contributed by atoms with Crippen molar-refractivity contribution in [2.24, 2.45) is 5.41 Å². The standard InChI is InChI=1S/C19H30N2O.ClH/c1-19(2,13-7-10-16-8-5-4-6-9-16)18(22)21-14-11-17(20-3)12-15-21;/h4-6,8-9,17,20H,7,10-15H2,1-3H3;1H. The smallest absolute Gasteiger partial charge is 0.228 e. The number of likely N-dealkylation sites (tertiary alicyclic amines) is 1. The van der Waals surface area contributed by atoms with Gasteiger partial charge in [0.2, 0.25) is 5.91 Å². The van der Waals surface area contributed by atoms with Gasteiger partial charge in [-0.3, -0.25) is 4.79 Å². The van der Waals surface area contributed by atoms with Gasteiger partial charge in [-0.15, -0.1) is 12.4 Å². The van der Waals surface area contributed by atoms with E-state index in [1.165, 1.54) is 5.56 Å². The van der Waals surface area contributed by atoms with Gasteiger partial charge in [-0.25, -0.2) is 0 Å². The third kappa shape index (κ3) is 5.82. The Morgan fingerprint density at radius 2 is 1.83 bits per heavy atom. The molecule has 1 aliphatic rings. The van der Waals surface area contributed by atoms with Crippen molar-refractivity contribution in [2.45, 2.75) is 52.0 Å². The van der Waals surface area contributed by atoms with Crippen LogP contribution < -0.4 is 5.32 Å². The van der Waals surface area contributed by atoms with E-state index in [-0.39, 0.29) is 17.8 Å². The minimum atomic E-state index is -0.249. The van der Waals surface area contributed by atoms with E-state index in [4.69, 9.17) is 0 Å². The summed E-state index contributed by atoms with van der Waals surface area (Å²) >= 11 is 0. The highest BCUT2D eigenvalue weighted by atomic mass is 35.5. The third-order valence-electron chi connectivity index (χ3n) is 4.88. The molecular weight excluding hydrogens is 308 g/mol. The van der Waals surface area contributed by atoms with Crippen molar-refractivity contribution in [3.05, 3.63) is 35.9 Å². The summed E-state index contributed by atoms with van der Waals surface area (Å²) in [6, 6.07) is 11.1. The van der Waals surface area contributed by atoms with Crippen molar-refractivity contribution in [1.82, 2.24) is 10.2 Å². The van der Waals surface area contributed by atoms with Crippen LogP contribution in [0.4, 0.5) is 0 Å². The number of halogens is 1. The van der Waals surface area contributed by atoms with Crippen molar-refractivity contribution in [1.29, 1.82) is 0 Å². The van der Waals surface area contributed by atoms with Gasteiger partial charge in [-0.05, 0) is 44.7 Å². The Kier molecular flexibility index (Phi) is 8.07. The molecular formula is C19H31ClN2O. The van der Waals surface area contributed by atoms with Crippen LogP contribution in [-0.2, 0) is 11.2 Å². The van der Waals surface area contributed by atoms with Gasteiger partial charge in [0, 0.05) is 24.5 Å². The number of piperidine rings is 1. The molecule has 0 radical (unpaired) electrons. The average molecular weight is 339 g/mol. The van der Waals surface area contributed by atoms with Gasteiger partial charge in [0.1, 0.15) is 0 Å². The van der Waals surface area contributed by atoms with Crippen LogP contribution in [0.2, 0.25) is 0 Å². The lowest BCUT2D eigenvalue weighted by molar-refractivity contribution is -0.142. The Morgan fingerprint density at radius 3 is 2.39 bits per heavy atom. The number of amides is 1. The molecule has 0 atom stereocenters. The molecule has 0 aliphatic carbocycles. The Hall–Kier alpha value is -1.06. The molecule has 1 fully saturated rings. The SMILES string of the molecule is CNC1CCN(C(=O)C(C)(C)CCCc2ccccc2)CC1.Cl. The van der Waals surface area contributed by atoms with Crippen LogP contribution in [-0.4, -0.2) is 37.0 Å². The average Bonchev–Trinajstić information content (AvgIpc) is 2.55. The number of aryl methyl sites for hydroxylation is 1. The second-order valence-corrected chi connectivity index (χ2v) is 7.08. The molecule has 1 aromatic carbocycles. The molecule has 1 aliphatic heterocycles. The summed E-state index contributed by atoms with van der Waals surface area (Å²) in [5.41, 5.74) is 1.11. The summed E-state index contributed by atoms with van der Waals surface area (Å²) < 4.78 is 0. The predicted molar refractivity (Wildman–Crippen MR) is 99.1 cm³/mol. The number of hydrogen-bond acceptors (Lipinski definition) is 2. The minimum Gasteiger partial charge on any atom is -0.342 e. The number of nitrogens with zero attached hydrogens (tertiary/aromatic N) is 1. The van der Waals surface area contributed by atoms with E-state index >= 15 is 0 Å². The minimum absolute atomic E-state index is 0. The monoisotopic (exact) mass is 338 g/mol. The first-order valence-electron chi connectivity index (χ1n) is 8.53. The van der Waals surface area contributed by atoms with E-state index in [2.05, 4.69) is 48.3 Å². The number of carbonyl (C=O) groups is 1. The van der Waals surface area contributed by atoms with Crippen LogP contribution in [0.3, 0.4) is 0 Å². The van der Waals surface area contributed by atoms with E-state index in [0.717, 1.165) is 45.2 Å². The summed E-state index contributed by atoms with van der Waals surface area (Å²) in [7, 11) is 2.01. The molecule has 1 N–H and O–H groups in total. The maximum Gasteiger partial charge on any atom is 0.228 e. The second-order valence-electron chi connectivity index (χ2n) is 7.08. The lowest BCUT2D eigenvalue weighted by atomic mass is 9.84. The van der Waals surface area contributed by atoms with E-state index in [1.54, 1.807) is 0 Å². The molecule has 0 spiro atoms. The Balaban J connectivity index is 0.00000264. The van der Waals surface area contributed by atoms with Gasteiger partial charge in [0.15, 0.2) is 0 Å². The van der Waals surface area contributed by atoms with Crippen LogP contribution in [0, 0.1) is 5.41 Å². The Morgan fingerprint density at radius 1 is 1.22 bits per heavy atom. The first-order chi connectivity index (χ1) is 10.5. The Bertz CT molecular complexity index is 468. The van der Waals surface area contributed by atoms with Gasteiger partial charge in [0.25, 0.3) is 0 Å². The number of benzene rings is 1. The lowest BCUT2D eigenvalue weighted by Gasteiger charge is -2.37. The predicted octanol–water partition coefficient (Wildman–Crippen LogP) is 3.67. The summed E-state index contributed by atoms with van der Waals surface area (Å²) in [4.78, 5) is 14.8.